The van der Waals surface area contributed by atoms with E-state index in [1.807, 2.05) is 11.8 Å². The number of fused-ring (bicyclic) bond motifs is 1. The number of thioether (sulfide) groups is 1. The first-order valence-corrected chi connectivity index (χ1v) is 13.5. The van der Waals surface area contributed by atoms with Gasteiger partial charge in [0.1, 0.15) is 6.04 Å². The third-order valence-electron chi connectivity index (χ3n) is 8.00. The summed E-state index contributed by atoms with van der Waals surface area (Å²) in [6.45, 7) is 14.9. The lowest BCUT2D eigenvalue weighted by atomic mass is 9.65. The van der Waals surface area contributed by atoms with Crippen LogP contribution in [0.25, 0.3) is 0 Å². The fourth-order valence-electron chi connectivity index (χ4n) is 6.34. The number of rotatable bonds is 12. The normalized spacial score (nSPS) is 32.4. The number of carbonyl (C=O) groups excluding carboxylic acids is 3. The van der Waals surface area contributed by atoms with E-state index in [0.717, 1.165) is 19.3 Å². The lowest BCUT2D eigenvalue weighted by Crippen LogP contribution is -2.59. The minimum Gasteiger partial charge on any atom is -0.394 e. The Morgan fingerprint density at radius 1 is 1.26 bits per heavy atom. The van der Waals surface area contributed by atoms with Gasteiger partial charge in [-0.1, -0.05) is 39.3 Å². The molecule has 34 heavy (non-hydrogen) atoms. The monoisotopic (exact) mass is 491 g/mol. The molecule has 0 aromatic carbocycles. The molecule has 3 rings (SSSR count). The summed E-state index contributed by atoms with van der Waals surface area (Å²) in [7, 11) is 1.75. The maximum absolute atomic E-state index is 14.2. The topological polar surface area (TPSA) is 81.2 Å². The number of likely N-dealkylation sites (N-methyl/N-ethyl adjacent to an activating group) is 1. The Balaban J connectivity index is 2.10. The molecular formula is C26H41N3O4S. The van der Waals surface area contributed by atoms with E-state index in [2.05, 4.69) is 27.0 Å². The van der Waals surface area contributed by atoms with Gasteiger partial charge in [-0.3, -0.25) is 14.4 Å². The van der Waals surface area contributed by atoms with Gasteiger partial charge in [0, 0.05) is 31.9 Å². The van der Waals surface area contributed by atoms with Gasteiger partial charge < -0.3 is 19.8 Å². The highest BCUT2D eigenvalue weighted by molar-refractivity contribution is 8.02. The maximum Gasteiger partial charge on any atom is 0.247 e. The van der Waals surface area contributed by atoms with Crippen LogP contribution in [0, 0.1) is 17.8 Å². The van der Waals surface area contributed by atoms with E-state index in [4.69, 9.17) is 0 Å². The lowest BCUT2D eigenvalue weighted by molar-refractivity contribution is -0.146. The maximum atomic E-state index is 14.2. The van der Waals surface area contributed by atoms with Crippen LogP contribution < -0.4 is 0 Å². The van der Waals surface area contributed by atoms with Crippen molar-refractivity contribution in [3.05, 3.63) is 25.3 Å². The van der Waals surface area contributed by atoms with E-state index in [1.165, 1.54) is 0 Å². The Bertz CT molecular complexity index is 816. The van der Waals surface area contributed by atoms with Crippen molar-refractivity contribution in [1.82, 2.24) is 14.7 Å². The number of carbonyl (C=O) groups is 3. The Morgan fingerprint density at radius 2 is 1.94 bits per heavy atom. The summed E-state index contributed by atoms with van der Waals surface area (Å²) in [4.78, 5) is 46.9. The second-order valence-electron chi connectivity index (χ2n) is 9.98. The van der Waals surface area contributed by atoms with Crippen LogP contribution in [0.2, 0.25) is 0 Å². The first-order chi connectivity index (χ1) is 16.2. The largest absolute Gasteiger partial charge is 0.394 e. The van der Waals surface area contributed by atoms with E-state index < -0.39 is 28.7 Å². The van der Waals surface area contributed by atoms with Crippen molar-refractivity contribution >= 4 is 29.5 Å². The first-order valence-electron chi connectivity index (χ1n) is 12.6. The molecule has 8 heteroatoms. The van der Waals surface area contributed by atoms with Crippen molar-refractivity contribution in [2.75, 3.05) is 33.3 Å². The Kier molecular flexibility index (Phi) is 8.56. The third kappa shape index (κ3) is 4.11. The highest BCUT2D eigenvalue weighted by Gasteiger charge is 2.76. The molecule has 7 nitrogen and oxygen atoms in total. The molecule has 0 radical (unpaired) electrons. The number of aliphatic hydroxyl groups excluding tert-OH is 1. The van der Waals surface area contributed by atoms with E-state index in [0.29, 0.717) is 26.1 Å². The number of aliphatic hydroxyl groups is 1. The number of unbranched alkanes of at least 4 members (excludes halogenated alkanes) is 1. The summed E-state index contributed by atoms with van der Waals surface area (Å²) in [6.07, 6.45) is 6.58. The second-order valence-corrected chi connectivity index (χ2v) is 11.5. The standard InChI is InChI=1S/C26H41N3O4S/c1-7-11-14-28(13-9-3)25(33)22-26-17(5)15-19(34-26)20(23(31)27(6)12-8-2)21(26)24(32)29(22)18(10-4)16-30/h8-9,17-22,30H,2-3,7,10-16H2,1,4-6H3/t17?,18-,19-,20+,21-,22?,26?/m0/s1. The van der Waals surface area contributed by atoms with Crippen LogP contribution in [0.1, 0.15) is 46.5 Å². The average Bonchev–Trinajstić information content (AvgIpc) is 3.41. The predicted octanol–water partition coefficient (Wildman–Crippen LogP) is 2.55. The molecule has 3 aliphatic heterocycles. The van der Waals surface area contributed by atoms with Crippen LogP contribution in [0.5, 0.6) is 0 Å². The molecule has 3 saturated heterocycles. The molecule has 3 heterocycles. The van der Waals surface area contributed by atoms with Gasteiger partial charge in [-0.25, -0.2) is 0 Å². The van der Waals surface area contributed by atoms with Crippen LogP contribution in [0.15, 0.2) is 25.3 Å². The highest BCUT2D eigenvalue weighted by atomic mass is 32.2. The Labute approximate surface area is 208 Å². The molecule has 3 unspecified atom stereocenters. The SMILES string of the molecule is C=CCN(C)C(=O)[C@@H]1[C@@H]2CC(C)C3(S2)C(C(=O)N(CC=C)CCCC)N([C@@H](CC)CO)C(=O)[C@H]13. The van der Waals surface area contributed by atoms with Crippen molar-refractivity contribution in [3.8, 4) is 0 Å². The van der Waals surface area contributed by atoms with Crippen molar-refractivity contribution in [2.24, 2.45) is 17.8 Å². The minimum atomic E-state index is -0.689. The second kappa shape index (κ2) is 10.9. The number of likely N-dealkylation sites (tertiary alicyclic amines) is 1. The van der Waals surface area contributed by atoms with Crippen molar-refractivity contribution in [1.29, 1.82) is 0 Å². The number of hydrogen-bond donors (Lipinski definition) is 1. The molecule has 3 aliphatic rings. The third-order valence-corrected chi connectivity index (χ3v) is 10.1. The van der Waals surface area contributed by atoms with Gasteiger partial charge in [-0.05, 0) is 25.2 Å². The first kappa shape index (κ1) is 26.8. The number of amides is 3. The van der Waals surface area contributed by atoms with Crippen LogP contribution in [0.3, 0.4) is 0 Å². The molecule has 0 saturated carbocycles. The molecule has 7 atom stereocenters. The zero-order chi connectivity index (χ0) is 25.2. The highest BCUT2D eigenvalue weighted by Crippen LogP contribution is 2.69. The average molecular weight is 492 g/mol. The van der Waals surface area contributed by atoms with Crippen molar-refractivity contribution in [3.63, 3.8) is 0 Å². The lowest BCUT2D eigenvalue weighted by Gasteiger charge is -2.42. The molecule has 3 fully saturated rings. The van der Waals surface area contributed by atoms with E-state index in [1.54, 1.807) is 40.8 Å². The summed E-state index contributed by atoms with van der Waals surface area (Å²) in [5.74, 6) is -1.19. The molecule has 1 spiro atoms. The summed E-state index contributed by atoms with van der Waals surface area (Å²) in [5, 5.41) is 10.2. The van der Waals surface area contributed by atoms with Gasteiger partial charge >= 0.3 is 0 Å². The van der Waals surface area contributed by atoms with Crippen LogP contribution >= 0.6 is 11.8 Å². The van der Waals surface area contributed by atoms with Crippen LogP contribution in [-0.4, -0.2) is 92.9 Å². The summed E-state index contributed by atoms with van der Waals surface area (Å²) >= 11 is 1.68. The zero-order valence-electron chi connectivity index (χ0n) is 21.1. The number of hydrogen-bond acceptors (Lipinski definition) is 5. The van der Waals surface area contributed by atoms with Gasteiger partial charge in [0.15, 0.2) is 0 Å². The molecule has 0 aromatic heterocycles. The van der Waals surface area contributed by atoms with E-state index >= 15 is 0 Å². The summed E-state index contributed by atoms with van der Waals surface area (Å²) < 4.78 is -0.664. The molecule has 2 bridgehead atoms. The van der Waals surface area contributed by atoms with Crippen molar-refractivity contribution < 1.29 is 19.5 Å². The van der Waals surface area contributed by atoms with Crippen LogP contribution in [0.4, 0.5) is 0 Å². The van der Waals surface area contributed by atoms with Gasteiger partial charge in [0.05, 0.1) is 29.2 Å². The van der Waals surface area contributed by atoms with Gasteiger partial charge in [-0.15, -0.1) is 24.9 Å². The van der Waals surface area contributed by atoms with Gasteiger partial charge in [-0.2, -0.15) is 0 Å². The van der Waals surface area contributed by atoms with E-state index in [-0.39, 0.29) is 35.5 Å². The van der Waals surface area contributed by atoms with Gasteiger partial charge in [0.2, 0.25) is 17.7 Å². The molecule has 0 aliphatic carbocycles. The Morgan fingerprint density at radius 3 is 2.50 bits per heavy atom. The molecular weight excluding hydrogens is 450 g/mol. The Hall–Kier alpha value is -1.80. The van der Waals surface area contributed by atoms with Crippen molar-refractivity contribution in [2.45, 2.75) is 68.5 Å². The van der Waals surface area contributed by atoms with Gasteiger partial charge in [0.25, 0.3) is 0 Å². The number of nitrogens with zero attached hydrogens (tertiary/aromatic N) is 3. The molecule has 0 aromatic rings. The predicted molar refractivity (Wildman–Crippen MR) is 136 cm³/mol. The molecule has 190 valence electrons. The smallest absolute Gasteiger partial charge is 0.247 e. The van der Waals surface area contributed by atoms with E-state index in [9.17, 15) is 19.5 Å². The summed E-state index contributed by atoms with van der Waals surface area (Å²) in [6, 6.07) is -1.14. The summed E-state index contributed by atoms with van der Waals surface area (Å²) in [5.41, 5.74) is 0. The van der Waals surface area contributed by atoms with Crippen LogP contribution in [-0.2, 0) is 14.4 Å². The fraction of sp³-hybridized carbons (Fsp3) is 0.731. The zero-order valence-corrected chi connectivity index (χ0v) is 21.9. The minimum absolute atomic E-state index is 0.0128. The quantitative estimate of drug-likeness (QED) is 0.425. The fourth-order valence-corrected chi connectivity index (χ4v) is 8.73. The molecule has 3 amide bonds. The molecule has 1 N–H and O–H groups in total.